The van der Waals surface area contributed by atoms with Crippen LogP contribution in [0, 0.1) is 12.7 Å². The number of carbonyl (C=O) groups is 2. The van der Waals surface area contributed by atoms with Crippen LogP contribution in [0.15, 0.2) is 53.6 Å². The van der Waals surface area contributed by atoms with Gasteiger partial charge in [0.05, 0.1) is 18.3 Å². The molecule has 0 unspecified atom stereocenters. The Balaban J connectivity index is 1.80. The van der Waals surface area contributed by atoms with E-state index in [2.05, 4.69) is 15.8 Å². The fourth-order valence-electron chi connectivity index (χ4n) is 1.77. The number of nitrogens with one attached hydrogen (secondary N) is 2. The summed E-state index contributed by atoms with van der Waals surface area (Å²) in [6, 6.07) is 13.1. The number of hydrogen-bond acceptors (Lipinski definition) is 3. The third-order valence-electron chi connectivity index (χ3n) is 3.01. The van der Waals surface area contributed by atoms with Crippen molar-refractivity contribution in [3.8, 4) is 0 Å². The minimum absolute atomic E-state index is 0.108. The molecule has 118 valence electrons. The van der Waals surface area contributed by atoms with E-state index in [1.54, 1.807) is 6.07 Å². The van der Waals surface area contributed by atoms with E-state index in [1.807, 2.05) is 31.2 Å². The van der Waals surface area contributed by atoms with Crippen LogP contribution in [0.4, 0.5) is 4.39 Å². The first-order valence-corrected chi connectivity index (χ1v) is 6.97. The normalized spacial score (nSPS) is 10.5. The highest BCUT2D eigenvalue weighted by Crippen LogP contribution is 2.05. The Morgan fingerprint density at radius 1 is 1.13 bits per heavy atom. The third kappa shape index (κ3) is 5.03. The molecule has 6 heteroatoms. The lowest BCUT2D eigenvalue weighted by atomic mass is 10.2. The number of carbonyl (C=O) groups excluding carboxylic acids is 2. The predicted octanol–water partition coefficient (Wildman–Crippen LogP) is 2.01. The van der Waals surface area contributed by atoms with E-state index in [0.29, 0.717) is 0 Å². The molecule has 0 saturated heterocycles. The Hall–Kier alpha value is -3.02. The van der Waals surface area contributed by atoms with Gasteiger partial charge in [-0.3, -0.25) is 9.59 Å². The van der Waals surface area contributed by atoms with Gasteiger partial charge in [0.25, 0.3) is 11.8 Å². The van der Waals surface area contributed by atoms with E-state index < -0.39 is 17.6 Å². The van der Waals surface area contributed by atoms with Crippen LogP contribution in [0.1, 0.15) is 21.5 Å². The average molecular weight is 313 g/mol. The molecule has 0 heterocycles. The van der Waals surface area contributed by atoms with Crippen LogP contribution in [-0.2, 0) is 4.79 Å². The van der Waals surface area contributed by atoms with Crippen LogP contribution in [0.5, 0.6) is 0 Å². The van der Waals surface area contributed by atoms with Crippen molar-refractivity contribution < 1.29 is 14.0 Å². The highest BCUT2D eigenvalue weighted by atomic mass is 19.1. The number of amides is 2. The molecule has 0 aliphatic heterocycles. The van der Waals surface area contributed by atoms with Crippen LogP contribution in [0.2, 0.25) is 0 Å². The topological polar surface area (TPSA) is 70.6 Å². The third-order valence-corrected chi connectivity index (χ3v) is 3.01. The SMILES string of the molecule is Cc1ccc(/C=N/NC(=O)CNC(=O)c2ccccc2F)cc1. The van der Waals surface area contributed by atoms with Crippen LogP contribution in [-0.4, -0.2) is 24.6 Å². The summed E-state index contributed by atoms with van der Waals surface area (Å²) >= 11 is 0. The lowest BCUT2D eigenvalue weighted by Gasteiger charge is -2.05. The van der Waals surface area contributed by atoms with Gasteiger partial charge in [-0.15, -0.1) is 0 Å². The van der Waals surface area contributed by atoms with Crippen LogP contribution in [0.3, 0.4) is 0 Å². The molecular formula is C17H16FN3O2. The lowest BCUT2D eigenvalue weighted by Crippen LogP contribution is -2.35. The summed E-state index contributed by atoms with van der Waals surface area (Å²) < 4.78 is 13.4. The molecule has 0 bridgehead atoms. The van der Waals surface area contributed by atoms with Gasteiger partial charge in [-0.2, -0.15) is 5.10 Å². The summed E-state index contributed by atoms with van der Waals surface area (Å²) in [7, 11) is 0. The predicted molar refractivity (Wildman–Crippen MR) is 85.6 cm³/mol. The smallest absolute Gasteiger partial charge is 0.259 e. The van der Waals surface area contributed by atoms with Crippen LogP contribution in [0.25, 0.3) is 0 Å². The summed E-state index contributed by atoms with van der Waals surface area (Å²) in [5, 5.41) is 6.12. The lowest BCUT2D eigenvalue weighted by molar-refractivity contribution is -0.120. The van der Waals surface area contributed by atoms with Gasteiger partial charge < -0.3 is 5.32 Å². The molecule has 0 saturated carbocycles. The van der Waals surface area contributed by atoms with Crippen molar-refractivity contribution >= 4 is 18.0 Å². The highest BCUT2D eigenvalue weighted by Gasteiger charge is 2.11. The number of hydrazone groups is 1. The zero-order chi connectivity index (χ0) is 16.7. The number of halogens is 1. The molecule has 0 aliphatic rings. The number of benzene rings is 2. The molecule has 0 aromatic heterocycles. The Bertz CT molecular complexity index is 727. The van der Waals surface area contributed by atoms with Crippen molar-refractivity contribution in [1.29, 1.82) is 0 Å². The van der Waals surface area contributed by atoms with Gasteiger partial charge in [0.2, 0.25) is 0 Å². The summed E-state index contributed by atoms with van der Waals surface area (Å²) in [6.45, 7) is 1.68. The maximum atomic E-state index is 13.4. The second-order valence-corrected chi connectivity index (χ2v) is 4.87. The number of aryl methyl sites for hydroxylation is 1. The first-order chi connectivity index (χ1) is 11.1. The summed E-state index contributed by atoms with van der Waals surface area (Å²) in [6.07, 6.45) is 1.50. The first kappa shape index (κ1) is 16.4. The van der Waals surface area contributed by atoms with E-state index in [1.165, 1.54) is 24.4 Å². The molecular weight excluding hydrogens is 297 g/mol. The number of rotatable bonds is 5. The second kappa shape index (κ2) is 7.84. The average Bonchev–Trinajstić information content (AvgIpc) is 2.55. The van der Waals surface area contributed by atoms with Gasteiger partial charge in [-0.05, 0) is 24.6 Å². The molecule has 2 rings (SSSR count). The van der Waals surface area contributed by atoms with Crippen molar-refractivity contribution in [2.45, 2.75) is 6.92 Å². The van der Waals surface area contributed by atoms with Gasteiger partial charge in [0.15, 0.2) is 0 Å². The standard InChI is InChI=1S/C17H16FN3O2/c1-12-6-8-13(9-7-12)10-20-21-16(22)11-19-17(23)14-4-2-3-5-15(14)18/h2-10H,11H2,1H3,(H,19,23)(H,21,22)/b20-10+. The summed E-state index contributed by atoms with van der Waals surface area (Å²) in [5.41, 5.74) is 4.15. The Kier molecular flexibility index (Phi) is 5.57. The van der Waals surface area contributed by atoms with Crippen molar-refractivity contribution in [2.75, 3.05) is 6.54 Å². The fraction of sp³-hybridized carbons (Fsp3) is 0.118. The summed E-state index contributed by atoms with van der Waals surface area (Å²) in [5.74, 6) is -1.79. The zero-order valence-corrected chi connectivity index (χ0v) is 12.5. The minimum Gasteiger partial charge on any atom is -0.343 e. The molecule has 0 spiro atoms. The van der Waals surface area contributed by atoms with Crippen LogP contribution >= 0.6 is 0 Å². The zero-order valence-electron chi connectivity index (χ0n) is 12.5. The monoisotopic (exact) mass is 313 g/mol. The van der Waals surface area contributed by atoms with Crippen molar-refractivity contribution in [3.05, 3.63) is 71.0 Å². The fourth-order valence-corrected chi connectivity index (χ4v) is 1.77. The summed E-state index contributed by atoms with van der Waals surface area (Å²) in [4.78, 5) is 23.3. The van der Waals surface area contributed by atoms with Gasteiger partial charge in [-0.25, -0.2) is 9.82 Å². The van der Waals surface area contributed by atoms with Crippen molar-refractivity contribution in [3.63, 3.8) is 0 Å². The van der Waals surface area contributed by atoms with Crippen molar-refractivity contribution in [2.24, 2.45) is 5.10 Å². The van der Waals surface area contributed by atoms with Gasteiger partial charge in [-0.1, -0.05) is 42.0 Å². The molecule has 0 radical (unpaired) electrons. The second-order valence-electron chi connectivity index (χ2n) is 4.87. The van der Waals surface area contributed by atoms with E-state index in [-0.39, 0.29) is 12.1 Å². The molecule has 0 fully saturated rings. The highest BCUT2D eigenvalue weighted by molar-refractivity contribution is 5.96. The molecule has 0 aliphatic carbocycles. The van der Waals surface area contributed by atoms with E-state index in [9.17, 15) is 14.0 Å². The largest absolute Gasteiger partial charge is 0.343 e. The molecule has 2 N–H and O–H groups in total. The van der Waals surface area contributed by atoms with E-state index in [0.717, 1.165) is 11.1 Å². The molecule has 2 aromatic rings. The quantitative estimate of drug-likeness (QED) is 0.655. The molecule has 0 atom stereocenters. The molecule has 2 amide bonds. The first-order valence-electron chi connectivity index (χ1n) is 6.97. The Morgan fingerprint density at radius 3 is 2.52 bits per heavy atom. The Labute approximate surface area is 133 Å². The van der Waals surface area contributed by atoms with Gasteiger partial charge in [0, 0.05) is 0 Å². The van der Waals surface area contributed by atoms with Gasteiger partial charge >= 0.3 is 0 Å². The number of nitrogens with zero attached hydrogens (tertiary/aromatic N) is 1. The minimum atomic E-state index is -0.652. The van der Waals surface area contributed by atoms with Gasteiger partial charge in [0.1, 0.15) is 5.82 Å². The van der Waals surface area contributed by atoms with E-state index >= 15 is 0 Å². The van der Waals surface area contributed by atoms with Crippen LogP contribution < -0.4 is 10.7 Å². The van der Waals surface area contributed by atoms with Crippen molar-refractivity contribution in [1.82, 2.24) is 10.7 Å². The molecule has 23 heavy (non-hydrogen) atoms. The maximum absolute atomic E-state index is 13.4. The maximum Gasteiger partial charge on any atom is 0.259 e. The molecule has 2 aromatic carbocycles. The molecule has 5 nitrogen and oxygen atoms in total. The Morgan fingerprint density at radius 2 is 1.83 bits per heavy atom. The number of hydrogen-bond donors (Lipinski definition) is 2. The van der Waals surface area contributed by atoms with E-state index in [4.69, 9.17) is 0 Å².